The normalized spacial score (nSPS) is 11.6. The molecular formula is C18H20N2O3. The number of ether oxygens (including phenoxy) is 1. The fourth-order valence-corrected chi connectivity index (χ4v) is 2.08. The van der Waals surface area contributed by atoms with Crippen LogP contribution in [0.5, 0.6) is 0 Å². The molecule has 3 N–H and O–H groups in total. The molecule has 0 aliphatic carbocycles. The topological polar surface area (TPSA) is 81.4 Å². The maximum atomic E-state index is 12.2. The number of benzene rings is 2. The Morgan fingerprint density at radius 1 is 1.04 bits per heavy atom. The third-order valence-electron chi connectivity index (χ3n) is 3.60. The molecule has 0 radical (unpaired) electrons. The monoisotopic (exact) mass is 312 g/mol. The lowest BCUT2D eigenvalue weighted by Crippen LogP contribution is -2.30. The second kappa shape index (κ2) is 6.96. The number of carbonyl (C=O) groups excluding carboxylic acids is 2. The molecule has 1 atom stereocenters. The first-order chi connectivity index (χ1) is 10.9. The van der Waals surface area contributed by atoms with E-state index >= 15 is 0 Å². The molecule has 0 saturated carbocycles. The van der Waals surface area contributed by atoms with Crippen molar-refractivity contribution in [1.29, 1.82) is 0 Å². The van der Waals surface area contributed by atoms with E-state index in [0.29, 0.717) is 11.4 Å². The Morgan fingerprint density at radius 2 is 1.70 bits per heavy atom. The SMILES string of the molecule is Cc1ccccc1NC(=O)C(C)OC(=O)c1cccc(C)c1N. The predicted octanol–water partition coefficient (Wildman–Crippen LogP) is 3.07. The van der Waals surface area contributed by atoms with E-state index in [1.165, 1.54) is 6.92 Å². The minimum Gasteiger partial charge on any atom is -0.449 e. The van der Waals surface area contributed by atoms with E-state index in [-0.39, 0.29) is 11.5 Å². The smallest absolute Gasteiger partial charge is 0.341 e. The summed E-state index contributed by atoms with van der Waals surface area (Å²) < 4.78 is 5.22. The largest absolute Gasteiger partial charge is 0.449 e. The lowest BCUT2D eigenvalue weighted by atomic mass is 10.1. The molecular weight excluding hydrogens is 292 g/mol. The standard InChI is InChI=1S/C18H20N2O3/c1-11-7-4-5-10-15(11)20-17(21)13(3)23-18(22)14-9-6-8-12(2)16(14)19/h4-10,13H,19H2,1-3H3,(H,20,21). The van der Waals surface area contributed by atoms with Crippen molar-refractivity contribution in [3.05, 3.63) is 59.2 Å². The van der Waals surface area contributed by atoms with Crippen molar-refractivity contribution < 1.29 is 14.3 Å². The van der Waals surface area contributed by atoms with Gasteiger partial charge in [0.1, 0.15) is 0 Å². The molecule has 0 saturated heterocycles. The average molecular weight is 312 g/mol. The third kappa shape index (κ3) is 3.88. The number of nitrogens with two attached hydrogens (primary N) is 1. The zero-order valence-corrected chi connectivity index (χ0v) is 13.4. The molecule has 0 aliphatic heterocycles. The first-order valence-electron chi connectivity index (χ1n) is 7.32. The Bertz CT molecular complexity index is 741. The van der Waals surface area contributed by atoms with Gasteiger partial charge in [0.05, 0.1) is 5.56 Å². The lowest BCUT2D eigenvalue weighted by Gasteiger charge is -2.15. The first kappa shape index (κ1) is 16.5. The molecule has 1 amide bonds. The van der Waals surface area contributed by atoms with E-state index in [4.69, 9.17) is 10.5 Å². The molecule has 0 aliphatic rings. The van der Waals surface area contributed by atoms with Gasteiger partial charge in [-0.15, -0.1) is 0 Å². The number of esters is 1. The molecule has 2 aromatic rings. The van der Waals surface area contributed by atoms with Crippen LogP contribution in [-0.4, -0.2) is 18.0 Å². The highest BCUT2D eigenvalue weighted by atomic mass is 16.5. The summed E-state index contributed by atoms with van der Waals surface area (Å²) in [7, 11) is 0. The molecule has 2 aromatic carbocycles. The van der Waals surface area contributed by atoms with Gasteiger partial charge >= 0.3 is 5.97 Å². The Kier molecular flexibility index (Phi) is 5.01. The quantitative estimate of drug-likeness (QED) is 0.671. The number of hydrogen-bond acceptors (Lipinski definition) is 4. The van der Waals surface area contributed by atoms with Crippen LogP contribution in [0.2, 0.25) is 0 Å². The second-order valence-electron chi connectivity index (χ2n) is 5.39. The van der Waals surface area contributed by atoms with Gasteiger partial charge in [-0.2, -0.15) is 0 Å². The van der Waals surface area contributed by atoms with Crippen LogP contribution in [-0.2, 0) is 9.53 Å². The molecule has 5 nitrogen and oxygen atoms in total. The number of carbonyl (C=O) groups is 2. The number of amides is 1. The summed E-state index contributed by atoms with van der Waals surface area (Å²) in [4.78, 5) is 24.3. The molecule has 1 unspecified atom stereocenters. The van der Waals surface area contributed by atoms with Gasteiger partial charge in [0, 0.05) is 11.4 Å². The summed E-state index contributed by atoms with van der Waals surface area (Å²) in [6.07, 6.45) is -0.929. The fraction of sp³-hybridized carbons (Fsp3) is 0.222. The zero-order chi connectivity index (χ0) is 17.0. The van der Waals surface area contributed by atoms with E-state index in [1.54, 1.807) is 31.2 Å². The Labute approximate surface area is 135 Å². The second-order valence-corrected chi connectivity index (χ2v) is 5.39. The summed E-state index contributed by atoms with van der Waals surface area (Å²) in [6, 6.07) is 12.5. The van der Waals surface area contributed by atoms with Crippen LogP contribution in [0.1, 0.15) is 28.4 Å². The Balaban J connectivity index is 2.05. The van der Waals surface area contributed by atoms with Crippen molar-refractivity contribution in [3.63, 3.8) is 0 Å². The number of rotatable bonds is 4. The lowest BCUT2D eigenvalue weighted by molar-refractivity contribution is -0.123. The van der Waals surface area contributed by atoms with Gasteiger partial charge in [0.25, 0.3) is 5.91 Å². The number of aryl methyl sites for hydroxylation is 2. The summed E-state index contributed by atoms with van der Waals surface area (Å²) >= 11 is 0. The van der Waals surface area contributed by atoms with E-state index in [9.17, 15) is 9.59 Å². The van der Waals surface area contributed by atoms with Gasteiger partial charge in [-0.25, -0.2) is 4.79 Å². The van der Waals surface area contributed by atoms with Crippen molar-refractivity contribution in [3.8, 4) is 0 Å². The molecule has 2 rings (SSSR count). The van der Waals surface area contributed by atoms with Crippen molar-refractivity contribution in [2.24, 2.45) is 0 Å². The number of anilines is 2. The molecule has 0 spiro atoms. The highest BCUT2D eigenvalue weighted by Gasteiger charge is 2.21. The van der Waals surface area contributed by atoms with E-state index < -0.39 is 12.1 Å². The molecule has 0 heterocycles. The van der Waals surface area contributed by atoms with Gasteiger partial charge < -0.3 is 15.8 Å². The third-order valence-corrected chi connectivity index (χ3v) is 3.60. The predicted molar refractivity (Wildman–Crippen MR) is 90.3 cm³/mol. The molecule has 23 heavy (non-hydrogen) atoms. The van der Waals surface area contributed by atoms with Gasteiger partial charge in [-0.1, -0.05) is 30.3 Å². The van der Waals surface area contributed by atoms with Crippen LogP contribution in [0.3, 0.4) is 0 Å². The van der Waals surface area contributed by atoms with Crippen LogP contribution in [0, 0.1) is 13.8 Å². The zero-order valence-electron chi connectivity index (χ0n) is 13.4. The molecule has 0 fully saturated rings. The Hall–Kier alpha value is -2.82. The maximum absolute atomic E-state index is 12.2. The van der Waals surface area contributed by atoms with Crippen molar-refractivity contribution in [2.45, 2.75) is 26.9 Å². The molecule has 120 valence electrons. The minimum absolute atomic E-state index is 0.264. The number of hydrogen-bond donors (Lipinski definition) is 2. The maximum Gasteiger partial charge on any atom is 0.341 e. The van der Waals surface area contributed by atoms with Crippen molar-refractivity contribution in [2.75, 3.05) is 11.1 Å². The Morgan fingerprint density at radius 3 is 2.39 bits per heavy atom. The molecule has 5 heteroatoms. The molecule has 0 aromatic heterocycles. The van der Waals surface area contributed by atoms with Gasteiger partial charge in [0.2, 0.25) is 0 Å². The number of para-hydroxylation sites is 2. The summed E-state index contributed by atoms with van der Waals surface area (Å²) in [5.74, 6) is -1.00. The average Bonchev–Trinajstić information content (AvgIpc) is 2.52. The van der Waals surface area contributed by atoms with Gasteiger partial charge in [0.15, 0.2) is 6.10 Å². The van der Waals surface area contributed by atoms with Crippen LogP contribution < -0.4 is 11.1 Å². The highest BCUT2D eigenvalue weighted by molar-refractivity contribution is 6.00. The fourth-order valence-electron chi connectivity index (χ4n) is 2.08. The molecule has 0 bridgehead atoms. The van der Waals surface area contributed by atoms with Gasteiger partial charge in [-0.05, 0) is 44.0 Å². The number of nitrogen functional groups attached to an aromatic ring is 1. The summed E-state index contributed by atoms with van der Waals surface area (Å²) in [5.41, 5.74) is 8.92. The van der Waals surface area contributed by atoms with E-state index in [0.717, 1.165) is 11.1 Å². The summed E-state index contributed by atoms with van der Waals surface area (Å²) in [5, 5.41) is 2.75. The van der Waals surface area contributed by atoms with Crippen LogP contribution >= 0.6 is 0 Å². The number of nitrogens with one attached hydrogen (secondary N) is 1. The van der Waals surface area contributed by atoms with Crippen LogP contribution in [0.4, 0.5) is 11.4 Å². The summed E-state index contributed by atoms with van der Waals surface area (Å²) in [6.45, 7) is 5.22. The first-order valence-corrected chi connectivity index (χ1v) is 7.32. The highest BCUT2D eigenvalue weighted by Crippen LogP contribution is 2.19. The van der Waals surface area contributed by atoms with E-state index in [1.807, 2.05) is 25.1 Å². The van der Waals surface area contributed by atoms with E-state index in [2.05, 4.69) is 5.32 Å². The van der Waals surface area contributed by atoms with Crippen molar-refractivity contribution >= 4 is 23.3 Å². The minimum atomic E-state index is -0.929. The van der Waals surface area contributed by atoms with Gasteiger partial charge in [-0.3, -0.25) is 4.79 Å². The van der Waals surface area contributed by atoms with Crippen LogP contribution in [0.15, 0.2) is 42.5 Å². The van der Waals surface area contributed by atoms with Crippen molar-refractivity contribution in [1.82, 2.24) is 0 Å². The van der Waals surface area contributed by atoms with Crippen LogP contribution in [0.25, 0.3) is 0 Å².